The van der Waals surface area contributed by atoms with E-state index >= 15 is 0 Å². The first kappa shape index (κ1) is 12.8. The van der Waals surface area contributed by atoms with Gasteiger partial charge in [-0.25, -0.2) is 8.78 Å². The third-order valence-electron chi connectivity index (χ3n) is 3.57. The maximum Gasteiger partial charge on any atom is 0.254 e. The minimum Gasteiger partial charge on any atom is -0.337 e. The topological polar surface area (TPSA) is 20.3 Å². The minimum atomic E-state index is -0.610. The van der Waals surface area contributed by atoms with Gasteiger partial charge >= 0.3 is 0 Å². The number of carbonyl (C=O) groups excluding carboxylic acids is 1. The van der Waals surface area contributed by atoms with Crippen molar-refractivity contribution in [2.75, 3.05) is 7.05 Å². The van der Waals surface area contributed by atoms with E-state index in [4.69, 9.17) is 0 Å². The van der Waals surface area contributed by atoms with E-state index in [1.165, 1.54) is 12.1 Å². The summed E-state index contributed by atoms with van der Waals surface area (Å²) < 4.78 is 28.0. The molecule has 0 saturated heterocycles. The number of benzene rings is 2. The molecule has 0 aromatic heterocycles. The predicted molar refractivity (Wildman–Crippen MR) is 72.3 cm³/mol. The molecule has 0 atom stereocenters. The zero-order valence-corrected chi connectivity index (χ0v) is 11.2. The number of fused-ring (bicyclic) bond motifs is 1. The first-order chi connectivity index (χ1) is 9.47. The second-order valence-electron chi connectivity index (χ2n) is 5.14. The molecule has 0 N–H and O–H groups in total. The molecule has 0 fully saturated rings. The number of carbonyl (C=O) groups is 1. The van der Waals surface area contributed by atoms with Gasteiger partial charge in [-0.15, -0.1) is 0 Å². The van der Waals surface area contributed by atoms with Crippen molar-refractivity contribution in [2.24, 2.45) is 0 Å². The van der Waals surface area contributed by atoms with Crippen molar-refractivity contribution in [2.45, 2.75) is 13.5 Å². The summed E-state index contributed by atoms with van der Waals surface area (Å²) in [5, 5.41) is 0. The highest BCUT2D eigenvalue weighted by Crippen LogP contribution is 2.31. The lowest BCUT2D eigenvalue weighted by atomic mass is 9.98. The van der Waals surface area contributed by atoms with Crippen LogP contribution in [-0.4, -0.2) is 17.9 Å². The summed E-state index contributed by atoms with van der Waals surface area (Å²) in [7, 11) is 1.70. The molecule has 1 aliphatic heterocycles. The van der Waals surface area contributed by atoms with Crippen molar-refractivity contribution in [3.63, 3.8) is 0 Å². The summed E-state index contributed by atoms with van der Waals surface area (Å²) in [6.07, 6.45) is 0. The number of nitrogens with zero attached hydrogens (tertiary/aromatic N) is 1. The Balaban J connectivity index is 2.16. The van der Waals surface area contributed by atoms with Gasteiger partial charge in [0.15, 0.2) is 0 Å². The number of hydrogen-bond donors (Lipinski definition) is 0. The van der Waals surface area contributed by atoms with Gasteiger partial charge in [0.25, 0.3) is 5.91 Å². The minimum absolute atomic E-state index is 0.0826. The van der Waals surface area contributed by atoms with E-state index in [1.54, 1.807) is 37.1 Å². The predicted octanol–water partition coefficient (Wildman–Crippen LogP) is 3.53. The maximum atomic E-state index is 14.0. The fourth-order valence-electron chi connectivity index (χ4n) is 2.58. The third-order valence-corrected chi connectivity index (χ3v) is 3.57. The van der Waals surface area contributed by atoms with Gasteiger partial charge in [-0.3, -0.25) is 4.79 Å². The molecule has 4 heteroatoms. The Morgan fingerprint density at radius 3 is 2.40 bits per heavy atom. The van der Waals surface area contributed by atoms with E-state index in [0.29, 0.717) is 23.2 Å². The first-order valence-electron chi connectivity index (χ1n) is 6.32. The fourth-order valence-corrected chi connectivity index (χ4v) is 2.58. The molecule has 1 aliphatic rings. The smallest absolute Gasteiger partial charge is 0.254 e. The molecule has 2 nitrogen and oxygen atoms in total. The highest BCUT2D eigenvalue weighted by Gasteiger charge is 2.25. The van der Waals surface area contributed by atoms with Crippen LogP contribution in [0.15, 0.2) is 30.3 Å². The Kier molecular flexibility index (Phi) is 2.82. The molecule has 0 bridgehead atoms. The molecular formula is C16H13F2NO. The van der Waals surface area contributed by atoms with Crippen LogP contribution in [0.1, 0.15) is 21.5 Å². The molecule has 1 amide bonds. The van der Waals surface area contributed by atoms with Crippen LogP contribution in [-0.2, 0) is 6.54 Å². The molecule has 2 aromatic carbocycles. The van der Waals surface area contributed by atoms with E-state index < -0.39 is 11.6 Å². The number of amides is 1. The summed E-state index contributed by atoms with van der Waals surface area (Å²) in [5.74, 6) is -1.34. The quantitative estimate of drug-likeness (QED) is 0.778. The lowest BCUT2D eigenvalue weighted by molar-refractivity contribution is 0.0816. The molecule has 3 rings (SSSR count). The monoisotopic (exact) mass is 273 g/mol. The van der Waals surface area contributed by atoms with Gasteiger partial charge in [0.05, 0.1) is 5.56 Å². The SMILES string of the molecule is Cc1cc(F)c(-c2ccc3c(c2)C(=O)N(C)C3)c(F)c1. The van der Waals surface area contributed by atoms with Crippen LogP contribution >= 0.6 is 0 Å². The number of hydrogen-bond acceptors (Lipinski definition) is 1. The Labute approximate surface area is 115 Å². The summed E-state index contributed by atoms with van der Waals surface area (Å²) in [6.45, 7) is 2.17. The highest BCUT2D eigenvalue weighted by molar-refractivity contribution is 5.99. The van der Waals surface area contributed by atoms with E-state index in [0.717, 1.165) is 5.56 Å². The molecule has 0 unspecified atom stereocenters. The number of halogens is 2. The highest BCUT2D eigenvalue weighted by atomic mass is 19.1. The summed E-state index contributed by atoms with van der Waals surface area (Å²) in [6, 6.07) is 7.56. The standard InChI is InChI=1S/C16H13F2NO/c1-9-5-13(17)15(14(18)6-9)10-3-4-11-8-19(2)16(20)12(11)7-10/h3-7H,8H2,1-2H3. The lowest BCUT2D eigenvalue weighted by Gasteiger charge is -2.08. The van der Waals surface area contributed by atoms with E-state index in [-0.39, 0.29) is 11.5 Å². The van der Waals surface area contributed by atoms with Crippen LogP contribution in [0.4, 0.5) is 8.78 Å². The maximum absolute atomic E-state index is 14.0. The van der Waals surface area contributed by atoms with E-state index in [1.807, 2.05) is 0 Å². The zero-order valence-electron chi connectivity index (χ0n) is 11.2. The van der Waals surface area contributed by atoms with Gasteiger partial charge < -0.3 is 4.90 Å². The van der Waals surface area contributed by atoms with Gasteiger partial charge in [-0.1, -0.05) is 12.1 Å². The second-order valence-corrected chi connectivity index (χ2v) is 5.14. The van der Waals surface area contributed by atoms with Gasteiger partial charge in [0.1, 0.15) is 11.6 Å². The average molecular weight is 273 g/mol. The Hall–Kier alpha value is -2.23. The van der Waals surface area contributed by atoms with Crippen molar-refractivity contribution >= 4 is 5.91 Å². The van der Waals surface area contributed by atoms with Crippen molar-refractivity contribution < 1.29 is 13.6 Å². The molecule has 20 heavy (non-hydrogen) atoms. The molecule has 1 heterocycles. The van der Waals surface area contributed by atoms with Gasteiger partial charge in [0, 0.05) is 19.2 Å². The van der Waals surface area contributed by atoms with Crippen LogP contribution in [0.5, 0.6) is 0 Å². The van der Waals surface area contributed by atoms with Gasteiger partial charge in [-0.05, 0) is 41.8 Å². The zero-order chi connectivity index (χ0) is 14.4. The molecule has 0 saturated carbocycles. The van der Waals surface area contributed by atoms with Crippen molar-refractivity contribution in [3.8, 4) is 11.1 Å². The molecular weight excluding hydrogens is 260 g/mol. The molecule has 102 valence electrons. The largest absolute Gasteiger partial charge is 0.337 e. The third kappa shape index (κ3) is 1.88. The molecule has 0 aliphatic carbocycles. The van der Waals surface area contributed by atoms with Crippen LogP contribution in [0, 0.1) is 18.6 Å². The van der Waals surface area contributed by atoms with Crippen molar-refractivity contribution in [1.82, 2.24) is 4.90 Å². The second kappa shape index (κ2) is 4.40. The lowest BCUT2D eigenvalue weighted by Crippen LogP contribution is -2.17. The first-order valence-corrected chi connectivity index (χ1v) is 6.32. The summed E-state index contributed by atoms with van der Waals surface area (Å²) in [4.78, 5) is 13.5. The Morgan fingerprint density at radius 1 is 1.10 bits per heavy atom. The summed E-state index contributed by atoms with van der Waals surface area (Å²) >= 11 is 0. The Morgan fingerprint density at radius 2 is 1.75 bits per heavy atom. The van der Waals surface area contributed by atoms with Crippen LogP contribution in [0.25, 0.3) is 11.1 Å². The summed E-state index contributed by atoms with van der Waals surface area (Å²) in [5.41, 5.74) is 2.24. The molecule has 2 aromatic rings. The van der Waals surface area contributed by atoms with E-state index in [9.17, 15) is 13.6 Å². The molecule has 0 radical (unpaired) electrons. The van der Waals surface area contributed by atoms with Crippen LogP contribution in [0.2, 0.25) is 0 Å². The van der Waals surface area contributed by atoms with Crippen molar-refractivity contribution in [3.05, 3.63) is 58.7 Å². The fraction of sp³-hybridized carbons (Fsp3) is 0.188. The molecule has 0 spiro atoms. The average Bonchev–Trinajstić information content (AvgIpc) is 2.64. The van der Waals surface area contributed by atoms with Gasteiger partial charge in [-0.2, -0.15) is 0 Å². The van der Waals surface area contributed by atoms with E-state index in [2.05, 4.69) is 0 Å². The van der Waals surface area contributed by atoms with Gasteiger partial charge in [0.2, 0.25) is 0 Å². The number of rotatable bonds is 1. The number of aryl methyl sites for hydroxylation is 1. The Bertz CT molecular complexity index is 701. The normalized spacial score (nSPS) is 13.8. The van der Waals surface area contributed by atoms with Crippen molar-refractivity contribution in [1.29, 1.82) is 0 Å². The van der Waals surface area contributed by atoms with Crippen LogP contribution < -0.4 is 0 Å². The van der Waals surface area contributed by atoms with Crippen LogP contribution in [0.3, 0.4) is 0 Å².